The van der Waals surface area contributed by atoms with E-state index >= 15 is 0 Å². The summed E-state index contributed by atoms with van der Waals surface area (Å²) >= 11 is 0. The minimum Gasteiger partial charge on any atom is -0.264 e. The molecule has 0 aromatic rings. The Bertz CT molecular complexity index is 1160. The molecular formula is C23H24NaO8S2. The molecule has 0 amide bonds. The number of hydrogen-bond acceptors (Lipinski definition) is 6. The molecule has 0 heterocycles. The molecular weight excluding hydrogens is 491 g/mol. The first-order chi connectivity index (χ1) is 15.6. The van der Waals surface area contributed by atoms with Gasteiger partial charge in [-0.1, -0.05) is 41.8 Å². The van der Waals surface area contributed by atoms with Crippen LogP contribution in [0, 0.1) is 59.7 Å². The predicted molar refractivity (Wildman–Crippen MR) is 130 cm³/mol. The number of allylic oxidation sites excluding steroid dienone is 4. The van der Waals surface area contributed by atoms with Gasteiger partial charge in [0.05, 0.1) is 0 Å². The Morgan fingerprint density at radius 2 is 1.41 bits per heavy atom. The normalized spacial score (nSPS) is 11.3. The zero-order valence-electron chi connectivity index (χ0n) is 18.8. The molecule has 34 heavy (non-hydrogen) atoms. The van der Waals surface area contributed by atoms with Gasteiger partial charge in [0.1, 0.15) is 6.61 Å². The minimum atomic E-state index is -4.91. The number of hydrogen-bond donors (Lipinski definition) is 2. The Morgan fingerprint density at radius 1 is 0.824 bits per heavy atom. The van der Waals surface area contributed by atoms with Crippen molar-refractivity contribution in [1.29, 1.82) is 0 Å². The van der Waals surface area contributed by atoms with Crippen LogP contribution in [-0.2, 0) is 29.2 Å². The number of unbranched alkanes of at least 4 members (excludes halogenated alkanes) is 5. The summed E-state index contributed by atoms with van der Waals surface area (Å²) in [5.41, 5.74) is 0. The Balaban J connectivity index is 0. The quantitative estimate of drug-likeness (QED) is 0.175. The van der Waals surface area contributed by atoms with Crippen LogP contribution in [0.5, 0.6) is 0 Å². The van der Waals surface area contributed by atoms with E-state index in [0.717, 1.165) is 25.7 Å². The molecule has 0 fully saturated rings. The van der Waals surface area contributed by atoms with E-state index in [0.29, 0.717) is 19.3 Å². The summed E-state index contributed by atoms with van der Waals surface area (Å²) in [5.74, 6) is 23.1. The molecule has 177 valence electrons. The third-order valence-corrected chi connectivity index (χ3v) is 4.13. The van der Waals surface area contributed by atoms with E-state index in [1.54, 1.807) is 12.2 Å². The topological polar surface area (TPSA) is 127 Å². The maximum atomic E-state index is 10.7. The van der Waals surface area contributed by atoms with Gasteiger partial charge in [0.2, 0.25) is 0 Å². The van der Waals surface area contributed by atoms with E-state index in [1.807, 2.05) is 12.2 Å². The summed E-state index contributed by atoms with van der Waals surface area (Å²) in [6, 6.07) is 0. The van der Waals surface area contributed by atoms with E-state index in [4.69, 9.17) is 15.5 Å². The summed E-state index contributed by atoms with van der Waals surface area (Å²) in [4.78, 5) is 0. The van der Waals surface area contributed by atoms with Crippen LogP contribution in [0.15, 0.2) is 24.3 Å². The van der Waals surface area contributed by atoms with Gasteiger partial charge in [-0.25, -0.2) is 8.37 Å². The Kier molecular flexibility index (Phi) is 21.7. The minimum absolute atomic E-state index is 0. The van der Waals surface area contributed by atoms with Crippen LogP contribution in [0.4, 0.5) is 0 Å². The molecule has 0 aliphatic rings. The van der Waals surface area contributed by atoms with Gasteiger partial charge in [-0.3, -0.25) is 9.11 Å². The third-order valence-electron chi connectivity index (χ3n) is 3.22. The Labute approximate surface area is 225 Å². The second kappa shape index (κ2) is 21.5. The molecule has 0 spiro atoms. The van der Waals surface area contributed by atoms with E-state index in [2.05, 4.69) is 61.7 Å². The Hall–Kier alpha value is -1.98. The van der Waals surface area contributed by atoms with Crippen LogP contribution >= 0.6 is 0 Å². The van der Waals surface area contributed by atoms with Gasteiger partial charge in [0.25, 0.3) is 0 Å². The molecule has 0 aliphatic carbocycles. The van der Waals surface area contributed by atoms with Crippen LogP contribution in [0.3, 0.4) is 0 Å². The van der Waals surface area contributed by atoms with E-state index in [9.17, 15) is 16.8 Å². The van der Waals surface area contributed by atoms with Crippen LogP contribution in [0.2, 0.25) is 0 Å². The van der Waals surface area contributed by atoms with Crippen LogP contribution in [0.25, 0.3) is 0 Å². The second-order valence-corrected chi connectivity index (χ2v) is 8.12. The van der Waals surface area contributed by atoms with Crippen molar-refractivity contribution >= 4 is 50.4 Å². The summed E-state index contributed by atoms with van der Waals surface area (Å²) < 4.78 is 67.6. The molecule has 8 nitrogen and oxygen atoms in total. The van der Waals surface area contributed by atoms with Crippen molar-refractivity contribution in [3.8, 4) is 59.7 Å². The molecule has 0 aliphatic heterocycles. The van der Waals surface area contributed by atoms with Gasteiger partial charge in [0.15, 0.2) is 6.10 Å². The molecule has 0 aromatic carbocycles. The van der Waals surface area contributed by atoms with Crippen LogP contribution in [0.1, 0.15) is 44.9 Å². The first kappa shape index (κ1) is 34.2. The van der Waals surface area contributed by atoms with E-state index in [1.165, 1.54) is 0 Å². The van der Waals surface area contributed by atoms with Crippen LogP contribution in [-0.4, -0.2) is 68.2 Å². The molecule has 0 unspecified atom stereocenters. The third kappa shape index (κ3) is 28.1. The van der Waals surface area contributed by atoms with E-state index < -0.39 is 33.5 Å². The molecule has 0 saturated carbocycles. The fraction of sp³-hybridized carbons (Fsp3) is 0.391. The molecule has 0 rings (SSSR count). The van der Waals surface area contributed by atoms with Gasteiger partial charge in [-0.05, 0) is 67.9 Å². The molecule has 1 atom stereocenters. The van der Waals surface area contributed by atoms with Crippen molar-refractivity contribution in [2.24, 2.45) is 0 Å². The molecule has 0 saturated heterocycles. The summed E-state index contributed by atoms with van der Waals surface area (Å²) in [5, 5.41) is 0. The first-order valence-corrected chi connectivity index (χ1v) is 12.4. The standard InChI is InChI=1S/C23H24O8S2.Na/c1-2-3-4-5-6-7-8-9-10-11-12-13-14-15-16-17-18-19-20-21-23(31-33(27,28)29)22-30-32(24,25)26;/h1,3-4,9-10,23H,5-8,15-17,22H2,(H,24,25,26)(H,27,28,29);/b4-3-,10-9-;/t23-;/m1./s1. The van der Waals surface area contributed by atoms with Gasteiger partial charge >= 0.3 is 20.8 Å². The van der Waals surface area contributed by atoms with Crippen molar-refractivity contribution in [2.75, 3.05) is 6.61 Å². The SMILES string of the molecule is C#C/C=C\CCCC/C=C\C#CC#CCCCC#CC#C[C@H](COS(=O)(=O)O)OS(=O)(=O)O.[Na]. The van der Waals surface area contributed by atoms with Crippen molar-refractivity contribution in [3.63, 3.8) is 0 Å². The molecule has 0 bridgehead atoms. The maximum absolute atomic E-state index is 10.7. The first-order valence-electron chi connectivity index (χ1n) is 9.64. The van der Waals surface area contributed by atoms with Crippen molar-refractivity contribution < 1.29 is 34.3 Å². The van der Waals surface area contributed by atoms with Crippen LogP contribution < -0.4 is 0 Å². The predicted octanol–water partition coefficient (Wildman–Crippen LogP) is 2.10. The summed E-state index contributed by atoms with van der Waals surface area (Å²) in [6.45, 7) is -0.954. The number of terminal acetylenes is 1. The summed E-state index contributed by atoms with van der Waals surface area (Å²) in [7, 11) is -9.74. The van der Waals surface area contributed by atoms with Crippen molar-refractivity contribution in [1.82, 2.24) is 0 Å². The largest absolute Gasteiger partial charge is 0.398 e. The fourth-order valence-corrected chi connectivity index (χ4v) is 2.57. The zero-order valence-corrected chi connectivity index (χ0v) is 22.4. The van der Waals surface area contributed by atoms with Gasteiger partial charge in [-0.2, -0.15) is 16.8 Å². The molecule has 0 aromatic heterocycles. The molecule has 11 heteroatoms. The van der Waals surface area contributed by atoms with Gasteiger partial charge in [0, 0.05) is 42.4 Å². The summed E-state index contributed by atoms with van der Waals surface area (Å²) in [6.07, 6.45) is 16.6. The monoisotopic (exact) mass is 515 g/mol. The fourth-order valence-electron chi connectivity index (χ4n) is 1.88. The van der Waals surface area contributed by atoms with E-state index in [-0.39, 0.29) is 29.6 Å². The van der Waals surface area contributed by atoms with Gasteiger partial charge < -0.3 is 0 Å². The van der Waals surface area contributed by atoms with Crippen molar-refractivity contribution in [2.45, 2.75) is 51.0 Å². The number of rotatable bonds is 12. The average molecular weight is 516 g/mol. The molecule has 1 radical (unpaired) electrons. The second-order valence-electron chi connectivity index (χ2n) is 5.98. The Morgan fingerprint density at radius 3 is 1.97 bits per heavy atom. The van der Waals surface area contributed by atoms with Crippen molar-refractivity contribution in [3.05, 3.63) is 24.3 Å². The van der Waals surface area contributed by atoms with Gasteiger partial charge in [-0.15, -0.1) is 6.42 Å². The maximum Gasteiger partial charge on any atom is 0.398 e. The molecule has 2 N–H and O–H groups in total. The smallest absolute Gasteiger partial charge is 0.264 e. The average Bonchev–Trinajstić information content (AvgIpc) is 2.72. The zero-order chi connectivity index (χ0) is 24.8.